The molecule has 0 radical (unpaired) electrons. The maximum Gasteiger partial charge on any atom is 0.227 e. The van der Waals surface area contributed by atoms with Crippen molar-refractivity contribution in [2.75, 3.05) is 53.6 Å². The van der Waals surface area contributed by atoms with Gasteiger partial charge in [0.05, 0.1) is 18.1 Å². The van der Waals surface area contributed by atoms with E-state index >= 15 is 0 Å². The van der Waals surface area contributed by atoms with Gasteiger partial charge in [-0.15, -0.1) is 0 Å². The third kappa shape index (κ3) is 7.61. The number of carbonyl (C=O) groups is 1. The van der Waals surface area contributed by atoms with E-state index in [0.29, 0.717) is 12.6 Å². The van der Waals surface area contributed by atoms with E-state index in [1.807, 2.05) is 13.8 Å². The fourth-order valence-corrected chi connectivity index (χ4v) is 2.80. The largest absolute Gasteiger partial charge is 0.385 e. The van der Waals surface area contributed by atoms with Crippen molar-refractivity contribution in [2.24, 2.45) is 10.4 Å². The molecule has 1 amide bonds. The van der Waals surface area contributed by atoms with E-state index in [1.54, 1.807) is 14.2 Å². The van der Waals surface area contributed by atoms with Crippen molar-refractivity contribution in [3.8, 4) is 0 Å². The third-order valence-electron chi connectivity index (χ3n) is 4.39. The van der Waals surface area contributed by atoms with Gasteiger partial charge >= 0.3 is 0 Å². The molecule has 0 atom stereocenters. The molecular weight excluding hydrogens is 320 g/mol. The van der Waals surface area contributed by atoms with Gasteiger partial charge in [0.2, 0.25) is 5.91 Å². The summed E-state index contributed by atoms with van der Waals surface area (Å²) in [6.45, 7) is 10.5. The van der Waals surface area contributed by atoms with E-state index in [2.05, 4.69) is 22.5 Å². The summed E-state index contributed by atoms with van der Waals surface area (Å²) >= 11 is 0. The van der Waals surface area contributed by atoms with Gasteiger partial charge in [0.1, 0.15) is 0 Å². The molecular formula is C18H36N4O3. The average Bonchev–Trinajstić information content (AvgIpc) is 2.62. The summed E-state index contributed by atoms with van der Waals surface area (Å²) in [5, 5.41) is 6.05. The van der Waals surface area contributed by atoms with E-state index in [1.165, 1.54) is 0 Å². The number of nitrogens with one attached hydrogen (secondary N) is 2. The van der Waals surface area contributed by atoms with Crippen LogP contribution in [0.5, 0.6) is 0 Å². The highest BCUT2D eigenvalue weighted by Gasteiger charge is 2.27. The van der Waals surface area contributed by atoms with Gasteiger partial charge in [0.15, 0.2) is 5.96 Å². The molecule has 25 heavy (non-hydrogen) atoms. The monoisotopic (exact) mass is 356 g/mol. The molecule has 0 saturated carbocycles. The summed E-state index contributed by atoms with van der Waals surface area (Å²) in [6, 6.07) is 0. The van der Waals surface area contributed by atoms with Crippen LogP contribution >= 0.6 is 0 Å². The molecule has 1 aliphatic heterocycles. The molecule has 0 aromatic rings. The van der Waals surface area contributed by atoms with Crippen molar-refractivity contribution < 1.29 is 14.3 Å². The second-order valence-electron chi connectivity index (χ2n) is 7.04. The Bertz CT molecular complexity index is 419. The van der Waals surface area contributed by atoms with Gasteiger partial charge in [-0.3, -0.25) is 9.79 Å². The maximum atomic E-state index is 11.9. The quantitative estimate of drug-likeness (QED) is 0.369. The van der Waals surface area contributed by atoms with Gasteiger partial charge in [-0.05, 0) is 40.0 Å². The van der Waals surface area contributed by atoms with Gasteiger partial charge in [0.25, 0.3) is 0 Å². The molecule has 1 rings (SSSR count). The van der Waals surface area contributed by atoms with Crippen LogP contribution in [0, 0.1) is 5.41 Å². The summed E-state index contributed by atoms with van der Waals surface area (Å²) in [5.74, 6) is 0.896. The van der Waals surface area contributed by atoms with Crippen molar-refractivity contribution in [3.63, 3.8) is 0 Å². The zero-order chi connectivity index (χ0) is 18.7. The predicted molar refractivity (Wildman–Crippen MR) is 101 cm³/mol. The van der Waals surface area contributed by atoms with Crippen LogP contribution in [0.3, 0.4) is 0 Å². The summed E-state index contributed by atoms with van der Waals surface area (Å²) in [5.41, 5.74) is -0.516. The van der Waals surface area contributed by atoms with E-state index < -0.39 is 5.41 Å². The smallest absolute Gasteiger partial charge is 0.227 e. The number of rotatable bonds is 9. The van der Waals surface area contributed by atoms with E-state index in [0.717, 1.165) is 58.1 Å². The minimum Gasteiger partial charge on any atom is -0.385 e. The standard InChI is InChI=1S/C18H36N4O3/c1-6-20-17(21-14-18(2,3)16(23)19-4)22-10-8-15(9-11-22)25-13-7-12-24-5/h15H,6-14H2,1-5H3,(H,19,23)(H,20,21). The number of ether oxygens (including phenoxy) is 2. The topological polar surface area (TPSA) is 75.2 Å². The number of amides is 1. The zero-order valence-corrected chi connectivity index (χ0v) is 16.6. The summed E-state index contributed by atoms with van der Waals surface area (Å²) < 4.78 is 11.0. The molecule has 0 spiro atoms. The Morgan fingerprint density at radius 1 is 1.28 bits per heavy atom. The van der Waals surface area contributed by atoms with Crippen molar-refractivity contribution in [1.82, 2.24) is 15.5 Å². The number of likely N-dealkylation sites (tertiary alicyclic amines) is 1. The Labute approximate surface area is 152 Å². The van der Waals surface area contributed by atoms with Gasteiger partial charge < -0.3 is 25.0 Å². The number of hydrogen-bond acceptors (Lipinski definition) is 4. The lowest BCUT2D eigenvalue weighted by Gasteiger charge is -2.34. The van der Waals surface area contributed by atoms with Crippen LogP contribution < -0.4 is 10.6 Å². The molecule has 0 aliphatic carbocycles. The molecule has 0 aromatic carbocycles. The number of aliphatic imine (C=N–C) groups is 1. The number of piperidine rings is 1. The number of hydrogen-bond donors (Lipinski definition) is 2. The Morgan fingerprint density at radius 3 is 2.52 bits per heavy atom. The highest BCUT2D eigenvalue weighted by molar-refractivity contribution is 5.83. The first kappa shape index (κ1) is 21.7. The molecule has 1 aliphatic rings. The fourth-order valence-electron chi connectivity index (χ4n) is 2.80. The van der Waals surface area contributed by atoms with Crippen molar-refractivity contribution in [1.29, 1.82) is 0 Å². The first-order valence-corrected chi connectivity index (χ1v) is 9.30. The zero-order valence-electron chi connectivity index (χ0n) is 16.6. The second kappa shape index (κ2) is 11.3. The molecule has 1 heterocycles. The van der Waals surface area contributed by atoms with Crippen molar-refractivity contribution in [2.45, 2.75) is 46.1 Å². The van der Waals surface area contributed by atoms with Crippen molar-refractivity contribution in [3.05, 3.63) is 0 Å². The lowest BCUT2D eigenvalue weighted by molar-refractivity contribution is -0.128. The van der Waals surface area contributed by atoms with Crippen LogP contribution in [0.15, 0.2) is 4.99 Å². The predicted octanol–water partition coefficient (Wildman–Crippen LogP) is 1.24. The van der Waals surface area contributed by atoms with E-state index in [4.69, 9.17) is 14.5 Å². The molecule has 7 heteroatoms. The molecule has 0 bridgehead atoms. The van der Waals surface area contributed by atoms with Crippen LogP contribution in [-0.2, 0) is 14.3 Å². The molecule has 146 valence electrons. The molecule has 7 nitrogen and oxygen atoms in total. The van der Waals surface area contributed by atoms with Crippen LogP contribution in [-0.4, -0.2) is 76.4 Å². The van der Waals surface area contributed by atoms with Crippen LogP contribution in [0.4, 0.5) is 0 Å². The Balaban J connectivity index is 2.52. The van der Waals surface area contributed by atoms with Crippen molar-refractivity contribution >= 4 is 11.9 Å². The highest BCUT2D eigenvalue weighted by atomic mass is 16.5. The molecule has 0 unspecified atom stereocenters. The van der Waals surface area contributed by atoms with Gasteiger partial charge in [-0.2, -0.15) is 0 Å². The summed E-state index contributed by atoms with van der Waals surface area (Å²) in [6.07, 6.45) is 3.25. The third-order valence-corrected chi connectivity index (χ3v) is 4.39. The summed E-state index contributed by atoms with van der Waals surface area (Å²) in [7, 11) is 3.38. The van der Waals surface area contributed by atoms with Crippen LogP contribution in [0.1, 0.15) is 40.0 Å². The number of nitrogens with zero attached hydrogens (tertiary/aromatic N) is 2. The number of carbonyl (C=O) groups excluding carboxylic acids is 1. The lowest BCUT2D eigenvalue weighted by atomic mass is 9.93. The average molecular weight is 357 g/mol. The Morgan fingerprint density at radius 2 is 1.96 bits per heavy atom. The van der Waals surface area contributed by atoms with Crippen LogP contribution in [0.25, 0.3) is 0 Å². The maximum absolute atomic E-state index is 11.9. The van der Waals surface area contributed by atoms with Crippen LogP contribution in [0.2, 0.25) is 0 Å². The van der Waals surface area contributed by atoms with E-state index in [-0.39, 0.29) is 5.91 Å². The SMILES string of the molecule is CCNC(=NCC(C)(C)C(=O)NC)N1CCC(OCCCOC)CC1. The minimum absolute atomic E-state index is 0.00951. The second-order valence-corrected chi connectivity index (χ2v) is 7.04. The van der Waals surface area contributed by atoms with Gasteiger partial charge in [-0.1, -0.05) is 0 Å². The first-order valence-electron chi connectivity index (χ1n) is 9.30. The normalized spacial score (nSPS) is 16.8. The van der Waals surface area contributed by atoms with E-state index in [9.17, 15) is 4.79 Å². The lowest BCUT2D eigenvalue weighted by Crippen LogP contribution is -2.47. The first-order chi connectivity index (χ1) is 11.9. The Kier molecular flexibility index (Phi) is 9.82. The number of guanidine groups is 1. The highest BCUT2D eigenvalue weighted by Crippen LogP contribution is 2.17. The molecule has 1 fully saturated rings. The summed E-state index contributed by atoms with van der Waals surface area (Å²) in [4.78, 5) is 18.9. The minimum atomic E-state index is -0.516. The van der Waals surface area contributed by atoms with Gasteiger partial charge in [-0.25, -0.2) is 0 Å². The molecule has 1 saturated heterocycles. The fraction of sp³-hybridized carbons (Fsp3) is 0.889. The number of methoxy groups -OCH3 is 1. The molecule has 2 N–H and O–H groups in total. The molecule has 0 aromatic heterocycles. The van der Waals surface area contributed by atoms with Gasteiger partial charge in [0, 0.05) is 47.0 Å². The Hall–Kier alpha value is -1.34.